The minimum absolute atomic E-state index is 0.00316. The highest BCUT2D eigenvalue weighted by molar-refractivity contribution is 7.90. The zero-order chi connectivity index (χ0) is 14.2. The van der Waals surface area contributed by atoms with E-state index in [1.165, 1.54) is 12.1 Å². The second kappa shape index (κ2) is 5.11. The fraction of sp³-hybridized carbons (Fsp3) is 0.273. The average molecular weight is 322 g/mol. The Morgan fingerprint density at radius 3 is 2.58 bits per heavy atom. The van der Waals surface area contributed by atoms with E-state index in [0.717, 1.165) is 6.26 Å². The molecule has 0 fully saturated rings. The summed E-state index contributed by atoms with van der Waals surface area (Å²) < 4.78 is 23.5. The predicted octanol–water partition coefficient (Wildman–Crippen LogP) is 2.25. The molecule has 0 saturated carbocycles. The molecule has 0 N–H and O–H groups in total. The fourth-order valence-corrected chi connectivity index (χ4v) is 3.30. The second-order valence-corrected chi connectivity index (χ2v) is 6.67. The van der Waals surface area contributed by atoms with Gasteiger partial charge in [-0.05, 0) is 23.7 Å². The fourth-order valence-electron chi connectivity index (χ4n) is 1.77. The predicted molar refractivity (Wildman–Crippen MR) is 71.9 cm³/mol. The van der Waals surface area contributed by atoms with Gasteiger partial charge in [-0.3, -0.25) is 4.79 Å². The minimum atomic E-state index is -3.51. The van der Waals surface area contributed by atoms with Gasteiger partial charge in [0.15, 0.2) is 9.84 Å². The van der Waals surface area contributed by atoms with Crippen LogP contribution < -0.4 is 0 Å². The van der Waals surface area contributed by atoms with E-state index in [1.807, 2.05) is 0 Å². The molecule has 0 spiro atoms. The van der Waals surface area contributed by atoms with Crippen LogP contribution in [0.3, 0.4) is 0 Å². The van der Waals surface area contributed by atoms with Crippen molar-refractivity contribution in [1.29, 1.82) is 0 Å². The van der Waals surface area contributed by atoms with E-state index in [9.17, 15) is 13.2 Å². The van der Waals surface area contributed by atoms with Crippen molar-refractivity contribution < 1.29 is 18.0 Å². The zero-order valence-corrected chi connectivity index (χ0v) is 12.1. The summed E-state index contributed by atoms with van der Waals surface area (Å²) in [4.78, 5) is 16.1. The Hall–Kier alpha value is -1.11. The van der Waals surface area contributed by atoms with Crippen LogP contribution in [0.1, 0.15) is 22.3 Å². The van der Waals surface area contributed by atoms with Gasteiger partial charge in [0.1, 0.15) is 6.61 Å². The summed E-state index contributed by atoms with van der Waals surface area (Å²) in [6.07, 6.45) is 1.48. The molecule has 0 aliphatic carbocycles. The lowest BCUT2D eigenvalue weighted by Gasteiger charge is -2.11. The molecule has 0 amide bonds. The Labute approximate surface area is 120 Å². The molecule has 8 heteroatoms. The van der Waals surface area contributed by atoms with E-state index in [4.69, 9.17) is 28.0 Å². The van der Waals surface area contributed by atoms with Gasteiger partial charge < -0.3 is 4.84 Å². The molecule has 5 nitrogen and oxygen atoms in total. The molecule has 0 aromatic heterocycles. The van der Waals surface area contributed by atoms with Gasteiger partial charge in [-0.1, -0.05) is 16.8 Å². The first-order chi connectivity index (χ1) is 8.82. The van der Waals surface area contributed by atoms with Crippen LogP contribution in [-0.4, -0.2) is 32.2 Å². The van der Waals surface area contributed by atoms with Gasteiger partial charge in [0.25, 0.3) is 5.24 Å². The maximum atomic E-state index is 11.8. The summed E-state index contributed by atoms with van der Waals surface area (Å²) >= 11 is 11.5. The summed E-state index contributed by atoms with van der Waals surface area (Å²) in [6.45, 7) is 0.341. The lowest BCUT2D eigenvalue weighted by molar-refractivity contribution is 0.108. The number of sulfone groups is 1. The monoisotopic (exact) mass is 321 g/mol. The van der Waals surface area contributed by atoms with Crippen LogP contribution in [0.25, 0.3) is 0 Å². The van der Waals surface area contributed by atoms with Crippen molar-refractivity contribution in [2.75, 3.05) is 12.9 Å². The maximum absolute atomic E-state index is 11.8. The normalized spacial score (nSPS) is 15.0. The molecule has 0 unspecified atom stereocenters. The highest BCUT2D eigenvalue weighted by Gasteiger charge is 2.26. The SMILES string of the molecule is CS(=O)(=O)c1ccc(C(=O)Cl)c(Cl)c1C1=NOCC1. The average Bonchev–Trinajstić information content (AvgIpc) is 2.79. The second-order valence-electron chi connectivity index (χ2n) is 3.97. The van der Waals surface area contributed by atoms with Crippen LogP contribution in [0.4, 0.5) is 0 Å². The molecule has 1 aromatic carbocycles. The number of benzene rings is 1. The summed E-state index contributed by atoms with van der Waals surface area (Å²) in [5.41, 5.74) is 0.624. The number of carbonyl (C=O) groups excluding carboxylic acids is 1. The van der Waals surface area contributed by atoms with Crippen molar-refractivity contribution in [1.82, 2.24) is 0 Å². The molecule has 102 valence electrons. The van der Waals surface area contributed by atoms with Gasteiger partial charge >= 0.3 is 0 Å². The minimum Gasteiger partial charge on any atom is -0.395 e. The van der Waals surface area contributed by atoms with Gasteiger partial charge in [0.05, 0.1) is 21.2 Å². The van der Waals surface area contributed by atoms with Crippen molar-refractivity contribution in [2.24, 2.45) is 5.16 Å². The molecule has 0 atom stereocenters. The number of carbonyl (C=O) groups is 1. The van der Waals surface area contributed by atoms with Crippen molar-refractivity contribution in [3.8, 4) is 0 Å². The van der Waals surface area contributed by atoms with Crippen LogP contribution in [0.15, 0.2) is 22.2 Å². The molecule has 0 saturated heterocycles. The third kappa shape index (κ3) is 2.75. The highest BCUT2D eigenvalue weighted by Crippen LogP contribution is 2.31. The van der Waals surface area contributed by atoms with Gasteiger partial charge in [-0.15, -0.1) is 0 Å². The number of hydrogen-bond donors (Lipinski definition) is 0. The Morgan fingerprint density at radius 2 is 2.11 bits per heavy atom. The molecular weight excluding hydrogens is 313 g/mol. The van der Waals surface area contributed by atoms with Gasteiger partial charge in [0.2, 0.25) is 0 Å². The number of nitrogens with zero attached hydrogens (tertiary/aromatic N) is 1. The number of oxime groups is 1. The molecule has 0 radical (unpaired) electrons. The summed E-state index contributed by atoms with van der Waals surface area (Å²) in [7, 11) is -3.51. The van der Waals surface area contributed by atoms with E-state index in [0.29, 0.717) is 18.7 Å². The van der Waals surface area contributed by atoms with E-state index in [1.54, 1.807) is 0 Å². The Morgan fingerprint density at radius 1 is 1.42 bits per heavy atom. The lowest BCUT2D eigenvalue weighted by Crippen LogP contribution is -2.11. The van der Waals surface area contributed by atoms with Gasteiger partial charge in [0, 0.05) is 18.2 Å². The van der Waals surface area contributed by atoms with Gasteiger partial charge in [-0.25, -0.2) is 8.42 Å². The molecule has 2 rings (SSSR count). The smallest absolute Gasteiger partial charge is 0.253 e. The van der Waals surface area contributed by atoms with E-state index < -0.39 is 15.1 Å². The van der Waals surface area contributed by atoms with Gasteiger partial charge in [-0.2, -0.15) is 0 Å². The first-order valence-electron chi connectivity index (χ1n) is 5.24. The maximum Gasteiger partial charge on any atom is 0.253 e. The molecule has 1 heterocycles. The summed E-state index contributed by atoms with van der Waals surface area (Å²) in [6, 6.07) is 2.58. The summed E-state index contributed by atoms with van der Waals surface area (Å²) in [5.74, 6) is 0. The molecule has 19 heavy (non-hydrogen) atoms. The quantitative estimate of drug-likeness (QED) is 0.800. The molecular formula is C11H9Cl2NO4S. The first kappa shape index (κ1) is 14.3. The highest BCUT2D eigenvalue weighted by atomic mass is 35.5. The Balaban J connectivity index is 2.77. The number of hydrogen-bond acceptors (Lipinski definition) is 5. The van der Waals surface area contributed by atoms with Crippen LogP contribution in [0.5, 0.6) is 0 Å². The third-order valence-electron chi connectivity index (χ3n) is 2.61. The third-order valence-corrected chi connectivity index (χ3v) is 4.34. The Kier molecular flexibility index (Phi) is 3.85. The lowest BCUT2D eigenvalue weighted by atomic mass is 10.0. The Bertz CT molecular complexity index is 682. The van der Waals surface area contributed by atoms with E-state index >= 15 is 0 Å². The topological polar surface area (TPSA) is 72.8 Å². The number of rotatable bonds is 3. The molecule has 1 aliphatic rings. The first-order valence-corrected chi connectivity index (χ1v) is 7.88. The van der Waals surface area contributed by atoms with Crippen molar-refractivity contribution in [3.05, 3.63) is 28.3 Å². The molecule has 1 aliphatic heterocycles. The van der Waals surface area contributed by atoms with E-state index in [-0.39, 0.29) is 21.0 Å². The summed E-state index contributed by atoms with van der Waals surface area (Å²) in [5, 5.41) is 2.98. The van der Waals surface area contributed by atoms with Crippen LogP contribution in [0, 0.1) is 0 Å². The molecule has 0 bridgehead atoms. The number of halogens is 2. The zero-order valence-electron chi connectivity index (χ0n) is 9.81. The largest absolute Gasteiger partial charge is 0.395 e. The van der Waals surface area contributed by atoms with Crippen molar-refractivity contribution >= 4 is 44.0 Å². The van der Waals surface area contributed by atoms with Crippen LogP contribution in [-0.2, 0) is 14.7 Å². The van der Waals surface area contributed by atoms with Crippen molar-refractivity contribution in [3.63, 3.8) is 0 Å². The standard InChI is InChI=1S/C11H9Cl2NO4S/c1-19(16,17)8-3-2-6(11(13)15)10(12)9(8)7-4-5-18-14-7/h2-3H,4-5H2,1H3. The van der Waals surface area contributed by atoms with Crippen LogP contribution in [0.2, 0.25) is 5.02 Å². The van der Waals surface area contributed by atoms with E-state index in [2.05, 4.69) is 5.16 Å². The van der Waals surface area contributed by atoms with Crippen molar-refractivity contribution in [2.45, 2.75) is 11.3 Å². The molecule has 1 aromatic rings. The van der Waals surface area contributed by atoms with Crippen LogP contribution >= 0.6 is 23.2 Å².